The van der Waals surface area contributed by atoms with E-state index in [1.165, 1.54) is 5.57 Å². The van der Waals surface area contributed by atoms with Gasteiger partial charge in [0.1, 0.15) is 5.82 Å². The van der Waals surface area contributed by atoms with E-state index in [-0.39, 0.29) is 5.78 Å². The number of nitrogens with zero attached hydrogens (tertiary/aromatic N) is 2. The Morgan fingerprint density at radius 3 is 2.81 bits per heavy atom. The minimum Gasteiger partial charge on any atom is -0.352 e. The van der Waals surface area contributed by atoms with E-state index in [2.05, 4.69) is 22.9 Å². The van der Waals surface area contributed by atoms with Crippen LogP contribution in [-0.4, -0.2) is 23.9 Å². The summed E-state index contributed by atoms with van der Waals surface area (Å²) in [5, 5.41) is 0. The minimum absolute atomic E-state index is 0.0637. The number of Topliss-reactive ketones (excluding diaryl/α,β-unsaturated/α-hetero) is 1. The Morgan fingerprint density at radius 1 is 1.44 bits per heavy atom. The van der Waals surface area contributed by atoms with Gasteiger partial charge in [0, 0.05) is 24.8 Å². The summed E-state index contributed by atoms with van der Waals surface area (Å²) in [4.78, 5) is 17.7. The van der Waals surface area contributed by atoms with Gasteiger partial charge < -0.3 is 4.90 Å². The minimum atomic E-state index is 0.0637. The summed E-state index contributed by atoms with van der Waals surface area (Å²) in [5.41, 5.74) is 2.05. The SMILES string of the molecule is CC(=O)c1ccc(N2CCC=C(C)C2)nc1. The van der Waals surface area contributed by atoms with Crippen LogP contribution in [0.5, 0.6) is 0 Å². The van der Waals surface area contributed by atoms with E-state index in [1.54, 1.807) is 13.1 Å². The van der Waals surface area contributed by atoms with Gasteiger partial charge in [-0.1, -0.05) is 11.6 Å². The molecule has 0 bridgehead atoms. The fourth-order valence-corrected chi connectivity index (χ4v) is 1.89. The van der Waals surface area contributed by atoms with Gasteiger partial charge in [-0.3, -0.25) is 4.79 Å². The van der Waals surface area contributed by atoms with Gasteiger partial charge in [-0.25, -0.2) is 4.98 Å². The quantitative estimate of drug-likeness (QED) is 0.562. The summed E-state index contributed by atoms with van der Waals surface area (Å²) in [6, 6.07) is 3.77. The Balaban J connectivity index is 2.16. The average Bonchev–Trinajstić information content (AvgIpc) is 2.29. The Hall–Kier alpha value is -1.64. The fourth-order valence-electron chi connectivity index (χ4n) is 1.89. The zero-order chi connectivity index (χ0) is 11.5. The summed E-state index contributed by atoms with van der Waals surface area (Å²) < 4.78 is 0. The predicted octanol–water partition coefficient (Wildman–Crippen LogP) is 2.44. The summed E-state index contributed by atoms with van der Waals surface area (Å²) in [7, 11) is 0. The van der Waals surface area contributed by atoms with Gasteiger partial charge in [-0.15, -0.1) is 0 Å². The average molecular weight is 216 g/mol. The van der Waals surface area contributed by atoms with Crippen molar-refractivity contribution in [1.29, 1.82) is 0 Å². The number of anilines is 1. The van der Waals surface area contributed by atoms with Gasteiger partial charge in [0.05, 0.1) is 0 Å². The molecule has 1 aliphatic rings. The molecule has 0 fully saturated rings. The van der Waals surface area contributed by atoms with Crippen molar-refractivity contribution in [3.63, 3.8) is 0 Å². The maximum absolute atomic E-state index is 11.1. The Bertz CT molecular complexity index is 420. The highest BCUT2D eigenvalue weighted by molar-refractivity contribution is 5.93. The first kappa shape index (κ1) is 10.9. The number of hydrogen-bond donors (Lipinski definition) is 0. The molecule has 0 aromatic carbocycles. The van der Waals surface area contributed by atoms with E-state index in [4.69, 9.17) is 0 Å². The number of carbonyl (C=O) groups is 1. The number of aromatic nitrogens is 1. The van der Waals surface area contributed by atoms with Gasteiger partial charge in [0.2, 0.25) is 0 Å². The second kappa shape index (κ2) is 4.47. The third kappa shape index (κ3) is 2.30. The van der Waals surface area contributed by atoms with Crippen LogP contribution in [0.1, 0.15) is 30.6 Å². The Labute approximate surface area is 95.8 Å². The lowest BCUT2D eigenvalue weighted by Gasteiger charge is -2.27. The van der Waals surface area contributed by atoms with Gasteiger partial charge in [-0.2, -0.15) is 0 Å². The summed E-state index contributed by atoms with van der Waals surface area (Å²) in [5.74, 6) is 1.02. The van der Waals surface area contributed by atoms with Crippen LogP contribution in [0.4, 0.5) is 5.82 Å². The van der Waals surface area contributed by atoms with Crippen LogP contribution in [0, 0.1) is 0 Å². The van der Waals surface area contributed by atoms with Gasteiger partial charge in [-0.05, 0) is 32.4 Å². The molecule has 0 N–H and O–H groups in total. The topological polar surface area (TPSA) is 33.2 Å². The monoisotopic (exact) mass is 216 g/mol. The lowest BCUT2D eigenvalue weighted by atomic mass is 10.1. The fraction of sp³-hybridized carbons (Fsp3) is 0.385. The lowest BCUT2D eigenvalue weighted by Crippen LogP contribution is -2.29. The van der Waals surface area contributed by atoms with Crippen molar-refractivity contribution < 1.29 is 4.79 Å². The van der Waals surface area contributed by atoms with E-state index in [0.717, 1.165) is 25.3 Å². The Morgan fingerprint density at radius 2 is 2.25 bits per heavy atom. The van der Waals surface area contributed by atoms with Crippen molar-refractivity contribution in [2.75, 3.05) is 18.0 Å². The molecule has 3 heteroatoms. The second-order valence-electron chi connectivity index (χ2n) is 4.22. The molecule has 2 heterocycles. The van der Waals surface area contributed by atoms with E-state index in [0.29, 0.717) is 5.56 Å². The number of hydrogen-bond acceptors (Lipinski definition) is 3. The van der Waals surface area contributed by atoms with Gasteiger partial charge >= 0.3 is 0 Å². The van der Waals surface area contributed by atoms with Gasteiger partial charge in [0.25, 0.3) is 0 Å². The van der Waals surface area contributed by atoms with Crippen LogP contribution in [-0.2, 0) is 0 Å². The molecule has 84 valence electrons. The largest absolute Gasteiger partial charge is 0.352 e. The molecule has 0 aliphatic carbocycles. The molecule has 16 heavy (non-hydrogen) atoms. The first-order valence-corrected chi connectivity index (χ1v) is 5.54. The third-order valence-corrected chi connectivity index (χ3v) is 2.81. The third-order valence-electron chi connectivity index (χ3n) is 2.81. The van der Waals surface area contributed by atoms with Crippen molar-refractivity contribution in [1.82, 2.24) is 4.98 Å². The van der Waals surface area contributed by atoms with Crippen molar-refractivity contribution in [2.24, 2.45) is 0 Å². The summed E-state index contributed by atoms with van der Waals surface area (Å²) >= 11 is 0. The molecule has 0 unspecified atom stereocenters. The summed E-state index contributed by atoms with van der Waals surface area (Å²) in [6.07, 6.45) is 4.99. The number of carbonyl (C=O) groups excluding carboxylic acids is 1. The smallest absolute Gasteiger partial charge is 0.161 e. The molecule has 0 radical (unpaired) electrons. The van der Waals surface area contributed by atoms with Crippen molar-refractivity contribution in [2.45, 2.75) is 20.3 Å². The van der Waals surface area contributed by atoms with Crippen LogP contribution in [0.15, 0.2) is 30.0 Å². The van der Waals surface area contributed by atoms with Crippen molar-refractivity contribution in [3.8, 4) is 0 Å². The zero-order valence-electron chi connectivity index (χ0n) is 9.73. The van der Waals surface area contributed by atoms with Crippen LogP contribution >= 0.6 is 0 Å². The number of rotatable bonds is 2. The number of pyridine rings is 1. The molecule has 1 aromatic heterocycles. The van der Waals surface area contributed by atoms with Crippen molar-refractivity contribution >= 4 is 11.6 Å². The van der Waals surface area contributed by atoms with E-state index >= 15 is 0 Å². The highest BCUT2D eigenvalue weighted by Crippen LogP contribution is 2.17. The van der Waals surface area contributed by atoms with E-state index < -0.39 is 0 Å². The van der Waals surface area contributed by atoms with Crippen LogP contribution < -0.4 is 4.90 Å². The molecule has 1 aromatic rings. The molecule has 0 saturated heterocycles. The van der Waals surface area contributed by atoms with Crippen LogP contribution in [0.2, 0.25) is 0 Å². The van der Waals surface area contributed by atoms with E-state index in [1.807, 2.05) is 12.1 Å². The molecule has 0 saturated carbocycles. The summed E-state index contributed by atoms with van der Waals surface area (Å²) in [6.45, 7) is 5.64. The van der Waals surface area contributed by atoms with Gasteiger partial charge in [0.15, 0.2) is 5.78 Å². The maximum Gasteiger partial charge on any atom is 0.161 e. The number of ketones is 1. The molecule has 0 amide bonds. The molecular weight excluding hydrogens is 200 g/mol. The standard InChI is InChI=1S/C13H16N2O/c1-10-4-3-7-15(9-10)13-6-5-12(8-14-13)11(2)16/h4-6,8H,3,7,9H2,1-2H3. The van der Waals surface area contributed by atoms with E-state index in [9.17, 15) is 4.79 Å². The molecule has 0 atom stereocenters. The van der Waals surface area contributed by atoms with Crippen LogP contribution in [0.3, 0.4) is 0 Å². The highest BCUT2D eigenvalue weighted by atomic mass is 16.1. The Kier molecular flexibility index (Phi) is 3.04. The first-order chi connectivity index (χ1) is 7.66. The molecule has 2 rings (SSSR count). The van der Waals surface area contributed by atoms with Crippen molar-refractivity contribution in [3.05, 3.63) is 35.5 Å². The normalized spacial score (nSPS) is 15.9. The highest BCUT2D eigenvalue weighted by Gasteiger charge is 2.11. The first-order valence-electron chi connectivity index (χ1n) is 5.54. The zero-order valence-corrected chi connectivity index (χ0v) is 9.73. The second-order valence-corrected chi connectivity index (χ2v) is 4.22. The maximum atomic E-state index is 11.1. The molecule has 0 spiro atoms. The molecule has 3 nitrogen and oxygen atoms in total. The lowest BCUT2D eigenvalue weighted by molar-refractivity contribution is 0.101. The van der Waals surface area contributed by atoms with Crippen LogP contribution in [0.25, 0.3) is 0 Å². The molecular formula is C13H16N2O. The predicted molar refractivity (Wildman–Crippen MR) is 64.8 cm³/mol. The molecule has 1 aliphatic heterocycles.